The number of nitrogens with zero attached hydrogens (tertiary/aromatic N) is 2. The van der Waals surface area contributed by atoms with E-state index in [2.05, 4.69) is 9.98 Å². The Morgan fingerprint density at radius 1 is 1.00 bits per heavy atom. The molecule has 0 aliphatic carbocycles. The Labute approximate surface area is 120 Å². The van der Waals surface area contributed by atoms with Crippen molar-refractivity contribution in [2.45, 2.75) is 52.6 Å². The minimum atomic E-state index is -0.606. The van der Waals surface area contributed by atoms with Gasteiger partial charge < -0.3 is 0 Å². The largest absolute Gasteiger partial charge is 0.235 e. The van der Waals surface area contributed by atoms with Crippen LogP contribution in [-0.2, 0) is 9.59 Å². The number of hydrogen-bond donors (Lipinski definition) is 0. The van der Waals surface area contributed by atoms with Gasteiger partial charge in [0.1, 0.15) is 0 Å². The van der Waals surface area contributed by atoms with E-state index >= 15 is 0 Å². The number of hydrogen-bond acceptors (Lipinski definition) is 4. The third kappa shape index (κ3) is 5.31. The summed E-state index contributed by atoms with van der Waals surface area (Å²) in [5.74, 6) is 0. The first-order valence-corrected chi connectivity index (χ1v) is 6.41. The summed E-state index contributed by atoms with van der Waals surface area (Å²) >= 11 is 0. The zero-order valence-electron chi connectivity index (χ0n) is 13.0. The fraction of sp³-hybridized carbons (Fsp3) is 0.500. The van der Waals surface area contributed by atoms with Crippen LogP contribution in [0.4, 0.5) is 0 Å². The average molecular weight is 274 g/mol. The predicted octanol–water partition coefficient (Wildman–Crippen LogP) is 3.66. The highest BCUT2D eigenvalue weighted by Crippen LogP contribution is 2.23. The normalized spacial score (nSPS) is 13.9. The Kier molecular flexibility index (Phi) is 6.78. The number of isocyanates is 2. The van der Waals surface area contributed by atoms with Crippen molar-refractivity contribution in [3.05, 3.63) is 35.5 Å². The van der Waals surface area contributed by atoms with E-state index in [-0.39, 0.29) is 0 Å². The van der Waals surface area contributed by atoms with Crippen LogP contribution in [0, 0.1) is 0 Å². The van der Waals surface area contributed by atoms with Crippen LogP contribution in [0.1, 0.15) is 41.5 Å². The summed E-state index contributed by atoms with van der Waals surface area (Å²) in [6, 6.07) is 0. The standard InChI is InChI=1S/C16H22N2O2/c1-7-14(16(5,6)18-12-20)10-8-9-13(2)15(3,4)17-11-19/h7-10H,1-6H3/b10-8-,13-9+,14-7+. The molecule has 0 aromatic heterocycles. The Morgan fingerprint density at radius 2 is 1.50 bits per heavy atom. The van der Waals surface area contributed by atoms with Gasteiger partial charge in [0.15, 0.2) is 0 Å². The molecule has 0 N–H and O–H groups in total. The van der Waals surface area contributed by atoms with Gasteiger partial charge in [-0.25, -0.2) is 9.59 Å². The molecule has 0 aliphatic heterocycles. The van der Waals surface area contributed by atoms with Crippen molar-refractivity contribution < 1.29 is 9.59 Å². The van der Waals surface area contributed by atoms with Gasteiger partial charge in [0.2, 0.25) is 12.2 Å². The lowest BCUT2D eigenvalue weighted by Crippen LogP contribution is -2.18. The van der Waals surface area contributed by atoms with Crippen molar-refractivity contribution in [3.63, 3.8) is 0 Å². The fourth-order valence-corrected chi connectivity index (χ4v) is 1.53. The van der Waals surface area contributed by atoms with E-state index in [1.54, 1.807) is 12.2 Å². The average Bonchev–Trinajstić information content (AvgIpc) is 2.33. The van der Waals surface area contributed by atoms with Crippen molar-refractivity contribution in [1.82, 2.24) is 0 Å². The van der Waals surface area contributed by atoms with Crippen LogP contribution in [0.5, 0.6) is 0 Å². The van der Waals surface area contributed by atoms with E-state index in [9.17, 15) is 9.59 Å². The molecule has 0 heterocycles. The summed E-state index contributed by atoms with van der Waals surface area (Å²) in [6.45, 7) is 11.2. The van der Waals surface area contributed by atoms with Crippen molar-refractivity contribution in [1.29, 1.82) is 0 Å². The van der Waals surface area contributed by atoms with E-state index < -0.39 is 11.1 Å². The molecule has 20 heavy (non-hydrogen) atoms. The first-order valence-electron chi connectivity index (χ1n) is 6.41. The van der Waals surface area contributed by atoms with Gasteiger partial charge in [-0.05, 0) is 52.7 Å². The maximum Gasteiger partial charge on any atom is 0.235 e. The zero-order chi connectivity index (χ0) is 15.8. The molecule has 0 rings (SSSR count). The lowest BCUT2D eigenvalue weighted by Gasteiger charge is -2.19. The molecular weight excluding hydrogens is 252 g/mol. The zero-order valence-corrected chi connectivity index (χ0v) is 13.0. The molecule has 0 amide bonds. The van der Waals surface area contributed by atoms with E-state index in [1.807, 2.05) is 65.8 Å². The predicted molar refractivity (Wildman–Crippen MR) is 81.1 cm³/mol. The van der Waals surface area contributed by atoms with Crippen LogP contribution >= 0.6 is 0 Å². The molecule has 108 valence electrons. The lowest BCUT2D eigenvalue weighted by atomic mass is 9.93. The van der Waals surface area contributed by atoms with Gasteiger partial charge in [0.25, 0.3) is 0 Å². The molecule has 0 radical (unpaired) electrons. The molecule has 0 aliphatic rings. The Balaban J connectivity index is 5.23. The Morgan fingerprint density at radius 3 is 1.95 bits per heavy atom. The van der Waals surface area contributed by atoms with Crippen molar-refractivity contribution >= 4 is 12.2 Å². The molecular formula is C16H22N2O2. The van der Waals surface area contributed by atoms with Crippen LogP contribution in [0.25, 0.3) is 0 Å². The number of carbonyl (C=O) groups excluding carboxylic acids is 2. The molecule has 0 saturated carbocycles. The minimum absolute atomic E-state index is 0.571. The van der Waals surface area contributed by atoms with E-state index in [0.29, 0.717) is 0 Å². The number of allylic oxidation sites excluding steroid dienone is 3. The smallest absolute Gasteiger partial charge is 0.211 e. The highest BCUT2D eigenvalue weighted by atomic mass is 16.1. The summed E-state index contributed by atoms with van der Waals surface area (Å²) in [5.41, 5.74) is 0.662. The summed E-state index contributed by atoms with van der Waals surface area (Å²) in [5, 5.41) is 0. The second-order valence-corrected chi connectivity index (χ2v) is 5.48. The first kappa shape index (κ1) is 18.0. The lowest BCUT2D eigenvalue weighted by molar-refractivity contribution is 0.544. The summed E-state index contributed by atoms with van der Waals surface area (Å²) < 4.78 is 0. The van der Waals surface area contributed by atoms with Gasteiger partial charge in [-0.2, -0.15) is 9.98 Å². The summed E-state index contributed by atoms with van der Waals surface area (Å²) in [4.78, 5) is 28.3. The van der Waals surface area contributed by atoms with Crippen molar-refractivity contribution in [3.8, 4) is 0 Å². The minimum Gasteiger partial charge on any atom is -0.211 e. The fourth-order valence-electron chi connectivity index (χ4n) is 1.53. The molecule has 0 atom stereocenters. The summed E-state index contributed by atoms with van der Waals surface area (Å²) in [7, 11) is 0. The van der Waals surface area contributed by atoms with Gasteiger partial charge in [0.05, 0.1) is 11.1 Å². The molecule has 0 spiro atoms. The third-order valence-electron chi connectivity index (χ3n) is 3.25. The van der Waals surface area contributed by atoms with Crippen LogP contribution in [0.2, 0.25) is 0 Å². The van der Waals surface area contributed by atoms with Crippen LogP contribution < -0.4 is 0 Å². The van der Waals surface area contributed by atoms with Crippen LogP contribution in [0.15, 0.2) is 45.4 Å². The van der Waals surface area contributed by atoms with Gasteiger partial charge in [0, 0.05) is 0 Å². The Hall–Kier alpha value is -2.02. The SMILES string of the molecule is C\C=C(/C=C\C=C(/C)C(C)(C)N=C=O)C(C)(C)N=C=O. The molecule has 4 heteroatoms. The molecule has 0 saturated heterocycles. The van der Waals surface area contributed by atoms with E-state index in [1.165, 1.54) is 0 Å². The third-order valence-corrected chi connectivity index (χ3v) is 3.25. The first-order chi connectivity index (χ1) is 9.21. The second-order valence-electron chi connectivity index (χ2n) is 5.48. The summed E-state index contributed by atoms with van der Waals surface area (Å²) in [6.07, 6.45) is 10.7. The number of rotatable bonds is 6. The second kappa shape index (κ2) is 7.54. The maximum atomic E-state index is 10.4. The molecule has 0 unspecified atom stereocenters. The van der Waals surface area contributed by atoms with Gasteiger partial charge >= 0.3 is 0 Å². The monoisotopic (exact) mass is 274 g/mol. The topological polar surface area (TPSA) is 58.9 Å². The van der Waals surface area contributed by atoms with Gasteiger partial charge in [-0.1, -0.05) is 24.3 Å². The van der Waals surface area contributed by atoms with Crippen LogP contribution in [0.3, 0.4) is 0 Å². The van der Waals surface area contributed by atoms with Gasteiger partial charge in [-0.3, -0.25) is 0 Å². The molecule has 0 bridgehead atoms. The van der Waals surface area contributed by atoms with E-state index in [0.717, 1.165) is 11.1 Å². The molecule has 0 fully saturated rings. The van der Waals surface area contributed by atoms with Gasteiger partial charge in [-0.15, -0.1) is 0 Å². The van der Waals surface area contributed by atoms with E-state index in [4.69, 9.17) is 0 Å². The molecule has 0 aromatic rings. The number of aliphatic imine (C=N–C) groups is 2. The quantitative estimate of drug-likeness (QED) is 0.421. The van der Waals surface area contributed by atoms with Crippen molar-refractivity contribution in [2.24, 2.45) is 9.98 Å². The Bertz CT molecular complexity index is 525. The molecule has 0 aromatic carbocycles. The maximum absolute atomic E-state index is 10.4. The van der Waals surface area contributed by atoms with Crippen molar-refractivity contribution in [2.75, 3.05) is 0 Å². The molecule has 4 nitrogen and oxygen atoms in total. The van der Waals surface area contributed by atoms with Crippen LogP contribution in [-0.4, -0.2) is 23.2 Å². The highest BCUT2D eigenvalue weighted by molar-refractivity contribution is 5.41. The highest BCUT2D eigenvalue weighted by Gasteiger charge is 2.20.